The number of rotatable bonds is 4. The Bertz CT molecular complexity index is 136. The molecule has 2 nitrogen and oxygen atoms in total. The maximum absolute atomic E-state index is 11.1. The average molecular weight is 174 g/mol. The van der Waals surface area contributed by atoms with Crippen LogP contribution in [0.25, 0.3) is 0 Å². The molecule has 0 radical (unpaired) electrons. The fourth-order valence-electron chi connectivity index (χ4n) is 1.25. The number of Topliss-reactive ketones (excluding diaryl/α,β-unsaturated/α-hetero) is 1. The van der Waals surface area contributed by atoms with Crippen molar-refractivity contribution >= 4 is 17.5 Å². The van der Waals surface area contributed by atoms with Gasteiger partial charge >= 0.3 is 0 Å². The molecule has 3 heteroatoms. The molecule has 0 aliphatic heterocycles. The van der Waals surface area contributed by atoms with Crippen LogP contribution in [0, 0.1) is 0 Å². The van der Waals surface area contributed by atoms with Crippen molar-refractivity contribution in [3.63, 3.8) is 0 Å². The Kier molecular flexibility index (Phi) is 3.94. The Labute approximate surface area is 71.4 Å². The quantitative estimate of drug-likeness (QED) is 0.651. The number of ketones is 1. The molecule has 0 aromatic heterocycles. The van der Waals surface area contributed by atoms with Crippen LogP contribution < -0.4 is 0 Å². The third-order valence-corrected chi connectivity index (χ3v) is 3.30. The molecule has 64 valence electrons. The van der Waals surface area contributed by atoms with Crippen LogP contribution in [0.4, 0.5) is 0 Å². The first-order valence-corrected chi connectivity index (χ1v) is 5.14. The predicted octanol–water partition coefficient (Wildman–Crippen LogP) is 1.22. The number of thioether (sulfide) groups is 1. The van der Waals surface area contributed by atoms with Crippen LogP contribution in [-0.2, 0) is 4.79 Å². The van der Waals surface area contributed by atoms with Crippen molar-refractivity contribution in [2.75, 3.05) is 12.4 Å². The normalized spacial score (nSPS) is 24.5. The summed E-state index contributed by atoms with van der Waals surface area (Å²) < 4.78 is 0. The molecule has 0 spiro atoms. The van der Waals surface area contributed by atoms with Crippen molar-refractivity contribution in [1.82, 2.24) is 0 Å². The number of carbonyl (C=O) groups is 1. The molecular weight excluding hydrogens is 160 g/mol. The number of hydrogen-bond acceptors (Lipinski definition) is 3. The third kappa shape index (κ3) is 2.83. The molecule has 1 saturated carbocycles. The van der Waals surface area contributed by atoms with E-state index in [0.29, 0.717) is 5.78 Å². The highest BCUT2D eigenvalue weighted by molar-refractivity contribution is 8.00. The van der Waals surface area contributed by atoms with E-state index in [0.717, 1.165) is 31.4 Å². The summed E-state index contributed by atoms with van der Waals surface area (Å²) >= 11 is 1.71. The van der Waals surface area contributed by atoms with Crippen molar-refractivity contribution in [2.24, 2.45) is 0 Å². The minimum atomic E-state index is 0.244. The largest absolute Gasteiger partial charge is 0.396 e. The van der Waals surface area contributed by atoms with Gasteiger partial charge in [-0.1, -0.05) is 0 Å². The van der Waals surface area contributed by atoms with E-state index in [9.17, 15) is 4.79 Å². The SMILES string of the molecule is O=C1CCCC1SCCCO. The van der Waals surface area contributed by atoms with Crippen molar-refractivity contribution in [1.29, 1.82) is 0 Å². The monoisotopic (exact) mass is 174 g/mol. The second-order valence-corrected chi connectivity index (χ2v) is 4.11. The Balaban J connectivity index is 2.10. The minimum absolute atomic E-state index is 0.244. The lowest BCUT2D eigenvalue weighted by atomic mass is 10.3. The van der Waals surface area contributed by atoms with Crippen LogP contribution in [-0.4, -0.2) is 28.5 Å². The number of carbonyl (C=O) groups excluding carboxylic acids is 1. The maximum atomic E-state index is 11.1. The molecule has 0 aromatic carbocycles. The van der Waals surface area contributed by atoms with E-state index in [2.05, 4.69) is 0 Å². The number of aliphatic hydroxyl groups excluding tert-OH is 1. The van der Waals surface area contributed by atoms with Gasteiger partial charge in [0.15, 0.2) is 0 Å². The predicted molar refractivity (Wildman–Crippen MR) is 46.8 cm³/mol. The minimum Gasteiger partial charge on any atom is -0.396 e. The van der Waals surface area contributed by atoms with Crippen molar-refractivity contribution in [3.05, 3.63) is 0 Å². The third-order valence-electron chi connectivity index (χ3n) is 1.87. The smallest absolute Gasteiger partial charge is 0.145 e. The molecule has 1 unspecified atom stereocenters. The van der Waals surface area contributed by atoms with Gasteiger partial charge in [0.1, 0.15) is 5.78 Å². The highest BCUT2D eigenvalue weighted by Crippen LogP contribution is 2.26. The molecule has 0 bridgehead atoms. The van der Waals surface area contributed by atoms with E-state index < -0.39 is 0 Å². The first kappa shape index (κ1) is 9.07. The van der Waals surface area contributed by atoms with Gasteiger partial charge in [-0.15, -0.1) is 0 Å². The van der Waals surface area contributed by atoms with Crippen LogP contribution in [0.15, 0.2) is 0 Å². The summed E-state index contributed by atoms with van der Waals surface area (Å²) in [6.07, 6.45) is 3.70. The molecule has 0 saturated heterocycles. The molecule has 1 aliphatic carbocycles. The van der Waals surface area contributed by atoms with Gasteiger partial charge < -0.3 is 5.11 Å². The fraction of sp³-hybridized carbons (Fsp3) is 0.875. The first-order valence-electron chi connectivity index (χ1n) is 4.10. The zero-order valence-electron chi connectivity index (χ0n) is 6.58. The summed E-state index contributed by atoms with van der Waals surface area (Å²) in [5.74, 6) is 1.33. The van der Waals surface area contributed by atoms with Crippen molar-refractivity contribution in [3.8, 4) is 0 Å². The van der Waals surface area contributed by atoms with Gasteiger partial charge in [-0.3, -0.25) is 4.79 Å². The zero-order valence-corrected chi connectivity index (χ0v) is 7.40. The molecular formula is C8H14O2S. The van der Waals surface area contributed by atoms with Crippen molar-refractivity contribution < 1.29 is 9.90 Å². The Morgan fingerprint density at radius 3 is 3.00 bits per heavy atom. The average Bonchev–Trinajstić information content (AvgIpc) is 2.37. The second-order valence-electron chi connectivity index (χ2n) is 2.80. The van der Waals surface area contributed by atoms with Gasteiger partial charge in [-0.25, -0.2) is 0 Å². The van der Waals surface area contributed by atoms with E-state index >= 15 is 0 Å². The highest BCUT2D eigenvalue weighted by atomic mass is 32.2. The molecule has 0 heterocycles. The summed E-state index contributed by atoms with van der Waals surface area (Å²) in [5.41, 5.74) is 0. The Morgan fingerprint density at radius 1 is 1.64 bits per heavy atom. The molecule has 0 aromatic rings. The summed E-state index contributed by atoms with van der Waals surface area (Å²) in [4.78, 5) is 11.1. The Hall–Kier alpha value is -0.0200. The highest BCUT2D eigenvalue weighted by Gasteiger charge is 2.23. The van der Waals surface area contributed by atoms with Crippen LogP contribution in [0.2, 0.25) is 0 Å². The van der Waals surface area contributed by atoms with E-state index in [4.69, 9.17) is 5.11 Å². The molecule has 1 rings (SSSR count). The summed E-state index contributed by atoms with van der Waals surface area (Å²) in [5, 5.41) is 8.76. The van der Waals surface area contributed by atoms with Gasteiger partial charge in [0.25, 0.3) is 0 Å². The van der Waals surface area contributed by atoms with Crippen LogP contribution in [0.1, 0.15) is 25.7 Å². The van der Waals surface area contributed by atoms with E-state index in [1.54, 1.807) is 11.8 Å². The lowest BCUT2D eigenvalue weighted by molar-refractivity contribution is -0.116. The molecule has 1 fully saturated rings. The lowest BCUT2D eigenvalue weighted by Gasteiger charge is -2.05. The maximum Gasteiger partial charge on any atom is 0.145 e. The van der Waals surface area contributed by atoms with E-state index in [-0.39, 0.29) is 11.9 Å². The number of aliphatic hydroxyl groups is 1. The zero-order chi connectivity index (χ0) is 8.10. The first-order chi connectivity index (χ1) is 5.34. The Morgan fingerprint density at radius 2 is 2.45 bits per heavy atom. The summed E-state index contributed by atoms with van der Waals surface area (Å²) in [6.45, 7) is 0.244. The molecule has 1 atom stereocenters. The van der Waals surface area contributed by atoms with E-state index in [1.165, 1.54) is 0 Å². The second kappa shape index (κ2) is 4.78. The van der Waals surface area contributed by atoms with Gasteiger partial charge in [0.2, 0.25) is 0 Å². The summed E-state index contributed by atoms with van der Waals surface area (Å²) in [6, 6.07) is 0. The fourth-order valence-corrected chi connectivity index (χ4v) is 2.47. The molecule has 11 heavy (non-hydrogen) atoms. The van der Waals surface area contributed by atoms with Crippen molar-refractivity contribution in [2.45, 2.75) is 30.9 Å². The van der Waals surface area contributed by atoms with Gasteiger partial charge in [0, 0.05) is 13.0 Å². The number of hydrogen-bond donors (Lipinski definition) is 1. The van der Waals surface area contributed by atoms with E-state index in [1.807, 2.05) is 0 Å². The summed E-state index contributed by atoms with van der Waals surface area (Å²) in [7, 11) is 0. The molecule has 1 aliphatic rings. The van der Waals surface area contributed by atoms with Gasteiger partial charge in [-0.2, -0.15) is 11.8 Å². The van der Waals surface area contributed by atoms with Gasteiger partial charge in [0.05, 0.1) is 5.25 Å². The standard InChI is InChI=1S/C8H14O2S/c9-5-2-6-11-8-4-1-3-7(8)10/h8-9H,1-6H2. The van der Waals surface area contributed by atoms with Crippen LogP contribution in [0.5, 0.6) is 0 Å². The topological polar surface area (TPSA) is 37.3 Å². The lowest BCUT2D eigenvalue weighted by Crippen LogP contribution is -2.09. The van der Waals surface area contributed by atoms with Crippen LogP contribution >= 0.6 is 11.8 Å². The molecule has 0 amide bonds. The van der Waals surface area contributed by atoms with Crippen LogP contribution in [0.3, 0.4) is 0 Å². The van der Waals surface area contributed by atoms with Gasteiger partial charge in [-0.05, 0) is 25.0 Å². The molecule has 1 N–H and O–H groups in total.